The minimum absolute atomic E-state index is 0.0924. The topological polar surface area (TPSA) is 53.1 Å². The van der Waals surface area contributed by atoms with Gasteiger partial charge in [0.2, 0.25) is 0 Å². The van der Waals surface area contributed by atoms with Crippen LogP contribution in [-0.2, 0) is 9.53 Å². The van der Waals surface area contributed by atoms with Crippen LogP contribution in [0.5, 0.6) is 0 Å². The number of fused-ring (bicyclic) bond motifs is 1. The molecule has 3 heterocycles. The third kappa shape index (κ3) is 2.70. The lowest BCUT2D eigenvalue weighted by Crippen LogP contribution is -2.46. The van der Waals surface area contributed by atoms with Gasteiger partial charge in [-0.05, 0) is 31.4 Å². The quantitative estimate of drug-likeness (QED) is 0.775. The third-order valence-corrected chi connectivity index (χ3v) is 5.29. The number of amides is 3. The molecule has 1 aromatic rings. The lowest BCUT2D eigenvalue weighted by Gasteiger charge is -2.34. The van der Waals surface area contributed by atoms with Gasteiger partial charge in [0.05, 0.1) is 5.69 Å². The highest BCUT2D eigenvalue weighted by molar-refractivity contribution is 6.21. The molecule has 4 rings (SSSR count). The molecule has 0 aromatic heterocycles. The lowest BCUT2D eigenvalue weighted by molar-refractivity contribution is -0.120. The minimum Gasteiger partial charge on any atom is -0.381 e. The van der Waals surface area contributed by atoms with Crippen LogP contribution >= 0.6 is 0 Å². The molecule has 3 fully saturated rings. The standard InChI is InChI=1S/C18H23N3O3/c22-17-16-13-19(14-7-11-24-12-8-14)9-4-10-20(16)18(23)21(17)15-5-2-1-3-6-15/h1-3,5-6,14,16H,4,7-13H2. The summed E-state index contributed by atoms with van der Waals surface area (Å²) in [6.45, 7) is 3.82. The van der Waals surface area contributed by atoms with Crippen molar-refractivity contribution in [2.45, 2.75) is 31.3 Å². The Morgan fingerprint density at radius 3 is 2.50 bits per heavy atom. The van der Waals surface area contributed by atoms with E-state index in [0.29, 0.717) is 24.8 Å². The molecule has 1 aromatic carbocycles. The molecule has 3 amide bonds. The SMILES string of the molecule is O=C1C2CN(C3CCOCC3)CCCN2C(=O)N1c1ccccc1. The maximum absolute atomic E-state index is 12.9. The van der Waals surface area contributed by atoms with E-state index in [9.17, 15) is 9.59 Å². The molecule has 3 saturated heterocycles. The van der Waals surface area contributed by atoms with Gasteiger partial charge in [-0.2, -0.15) is 0 Å². The number of urea groups is 1. The summed E-state index contributed by atoms with van der Waals surface area (Å²) in [6.07, 6.45) is 2.93. The molecule has 6 heteroatoms. The van der Waals surface area contributed by atoms with Crippen LogP contribution in [0.15, 0.2) is 30.3 Å². The average molecular weight is 329 g/mol. The monoisotopic (exact) mass is 329 g/mol. The highest BCUT2D eigenvalue weighted by Crippen LogP contribution is 2.28. The van der Waals surface area contributed by atoms with Gasteiger partial charge in [0.1, 0.15) is 6.04 Å². The van der Waals surface area contributed by atoms with Gasteiger partial charge in [-0.25, -0.2) is 9.69 Å². The summed E-state index contributed by atoms with van der Waals surface area (Å²) in [5.41, 5.74) is 0.665. The number of ether oxygens (including phenoxy) is 1. The molecule has 1 unspecified atom stereocenters. The number of carbonyl (C=O) groups is 2. The van der Waals surface area contributed by atoms with E-state index in [1.54, 1.807) is 4.90 Å². The molecule has 0 spiro atoms. The van der Waals surface area contributed by atoms with E-state index in [1.165, 1.54) is 4.90 Å². The Morgan fingerprint density at radius 2 is 1.75 bits per heavy atom. The molecular formula is C18H23N3O3. The van der Waals surface area contributed by atoms with Crippen LogP contribution in [0.25, 0.3) is 0 Å². The van der Waals surface area contributed by atoms with Crippen LogP contribution in [0.3, 0.4) is 0 Å². The predicted molar refractivity (Wildman–Crippen MR) is 89.8 cm³/mol. The van der Waals surface area contributed by atoms with Gasteiger partial charge in [-0.3, -0.25) is 9.69 Å². The van der Waals surface area contributed by atoms with Crippen LogP contribution in [0.4, 0.5) is 10.5 Å². The summed E-state index contributed by atoms with van der Waals surface area (Å²) in [4.78, 5) is 31.2. The van der Waals surface area contributed by atoms with E-state index in [1.807, 2.05) is 30.3 Å². The van der Waals surface area contributed by atoms with Gasteiger partial charge < -0.3 is 9.64 Å². The zero-order chi connectivity index (χ0) is 16.5. The van der Waals surface area contributed by atoms with Crippen LogP contribution in [0, 0.1) is 0 Å². The lowest BCUT2D eigenvalue weighted by atomic mass is 10.1. The number of nitrogens with zero attached hydrogens (tertiary/aromatic N) is 3. The van der Waals surface area contributed by atoms with Gasteiger partial charge in [-0.15, -0.1) is 0 Å². The molecule has 3 aliphatic rings. The number of hydrogen-bond donors (Lipinski definition) is 0. The van der Waals surface area contributed by atoms with Crippen molar-refractivity contribution in [3.05, 3.63) is 30.3 Å². The van der Waals surface area contributed by atoms with Crippen molar-refractivity contribution in [2.75, 3.05) is 37.7 Å². The first-order valence-electron chi connectivity index (χ1n) is 8.77. The van der Waals surface area contributed by atoms with Crippen molar-refractivity contribution < 1.29 is 14.3 Å². The first-order valence-corrected chi connectivity index (χ1v) is 8.77. The Hall–Kier alpha value is -1.92. The van der Waals surface area contributed by atoms with E-state index in [0.717, 1.165) is 39.0 Å². The second kappa shape index (κ2) is 6.53. The molecule has 0 saturated carbocycles. The van der Waals surface area contributed by atoms with Crippen molar-refractivity contribution in [3.63, 3.8) is 0 Å². The van der Waals surface area contributed by atoms with E-state index in [2.05, 4.69) is 4.90 Å². The molecule has 3 aliphatic heterocycles. The van der Waals surface area contributed by atoms with Crippen LogP contribution in [0.2, 0.25) is 0 Å². The summed E-state index contributed by atoms with van der Waals surface area (Å²) in [6, 6.07) is 9.17. The maximum atomic E-state index is 12.9. The number of benzene rings is 1. The van der Waals surface area contributed by atoms with Crippen molar-refractivity contribution in [1.82, 2.24) is 9.80 Å². The van der Waals surface area contributed by atoms with Gasteiger partial charge in [0, 0.05) is 38.9 Å². The highest BCUT2D eigenvalue weighted by atomic mass is 16.5. The van der Waals surface area contributed by atoms with Crippen LogP contribution in [-0.4, -0.2) is 66.7 Å². The summed E-state index contributed by atoms with van der Waals surface area (Å²) < 4.78 is 5.46. The molecule has 0 aliphatic carbocycles. The molecule has 6 nitrogen and oxygen atoms in total. The fourth-order valence-electron chi connectivity index (χ4n) is 4.02. The smallest absolute Gasteiger partial charge is 0.332 e. The first-order chi connectivity index (χ1) is 11.8. The summed E-state index contributed by atoms with van der Waals surface area (Å²) >= 11 is 0. The predicted octanol–water partition coefficient (Wildman–Crippen LogP) is 1.71. The van der Waals surface area contributed by atoms with E-state index < -0.39 is 0 Å². The van der Waals surface area contributed by atoms with Crippen LogP contribution in [0.1, 0.15) is 19.3 Å². The minimum atomic E-state index is -0.358. The van der Waals surface area contributed by atoms with Gasteiger partial charge in [-0.1, -0.05) is 18.2 Å². The Kier molecular flexibility index (Phi) is 4.24. The van der Waals surface area contributed by atoms with Crippen molar-refractivity contribution in [1.29, 1.82) is 0 Å². The van der Waals surface area contributed by atoms with E-state index in [-0.39, 0.29) is 18.0 Å². The Bertz CT molecular complexity index is 615. The Morgan fingerprint density at radius 1 is 1.00 bits per heavy atom. The third-order valence-electron chi connectivity index (χ3n) is 5.29. The van der Waals surface area contributed by atoms with Gasteiger partial charge in [0.25, 0.3) is 5.91 Å². The largest absolute Gasteiger partial charge is 0.381 e. The number of anilines is 1. The van der Waals surface area contributed by atoms with E-state index in [4.69, 9.17) is 4.74 Å². The Labute approximate surface area is 142 Å². The fraction of sp³-hybridized carbons (Fsp3) is 0.556. The molecule has 24 heavy (non-hydrogen) atoms. The van der Waals surface area contributed by atoms with Gasteiger partial charge in [0.15, 0.2) is 0 Å². The van der Waals surface area contributed by atoms with Crippen molar-refractivity contribution >= 4 is 17.6 Å². The summed E-state index contributed by atoms with van der Waals surface area (Å²) in [5, 5.41) is 0. The molecular weight excluding hydrogens is 306 g/mol. The summed E-state index contributed by atoms with van der Waals surface area (Å²) in [7, 11) is 0. The fourth-order valence-corrected chi connectivity index (χ4v) is 4.02. The zero-order valence-electron chi connectivity index (χ0n) is 13.8. The highest BCUT2D eigenvalue weighted by Gasteiger charge is 2.47. The number of imide groups is 1. The van der Waals surface area contributed by atoms with E-state index >= 15 is 0 Å². The first kappa shape index (κ1) is 15.6. The number of para-hydroxylation sites is 1. The van der Waals surface area contributed by atoms with Crippen molar-refractivity contribution in [3.8, 4) is 0 Å². The molecule has 0 N–H and O–H groups in total. The normalized spacial score (nSPS) is 26.6. The van der Waals surface area contributed by atoms with Crippen molar-refractivity contribution in [2.24, 2.45) is 0 Å². The number of carbonyl (C=O) groups excluding carboxylic acids is 2. The molecule has 128 valence electrons. The van der Waals surface area contributed by atoms with Gasteiger partial charge >= 0.3 is 6.03 Å². The Balaban J connectivity index is 1.56. The van der Waals surface area contributed by atoms with Crippen LogP contribution < -0.4 is 4.90 Å². The molecule has 0 bridgehead atoms. The average Bonchev–Trinajstić information content (AvgIpc) is 2.79. The summed E-state index contributed by atoms with van der Waals surface area (Å²) in [5.74, 6) is -0.0924. The zero-order valence-corrected chi connectivity index (χ0v) is 13.8. The second-order valence-electron chi connectivity index (χ2n) is 6.69. The molecule has 0 radical (unpaired) electrons. The molecule has 1 atom stereocenters. The maximum Gasteiger partial charge on any atom is 0.332 e. The number of hydrogen-bond acceptors (Lipinski definition) is 4. The number of rotatable bonds is 2. The second-order valence-corrected chi connectivity index (χ2v) is 6.69.